The lowest BCUT2D eigenvalue weighted by Gasteiger charge is -2.13. The van der Waals surface area contributed by atoms with Crippen molar-refractivity contribution in [1.29, 1.82) is 0 Å². The second kappa shape index (κ2) is 8.81. The van der Waals surface area contributed by atoms with Gasteiger partial charge in [-0.1, -0.05) is 11.6 Å². The summed E-state index contributed by atoms with van der Waals surface area (Å²) in [6.45, 7) is -0.336. The Balaban J connectivity index is 1.88. The van der Waals surface area contributed by atoms with Crippen LogP contribution in [-0.2, 0) is 10.0 Å². The van der Waals surface area contributed by atoms with Gasteiger partial charge < -0.3 is 15.2 Å². The lowest BCUT2D eigenvalue weighted by atomic mass is 10.1. The zero-order valence-electron chi connectivity index (χ0n) is 15.6. The van der Waals surface area contributed by atoms with Gasteiger partial charge in [0, 0.05) is 6.61 Å². The first-order valence-electron chi connectivity index (χ1n) is 8.54. The molecule has 1 aromatic carbocycles. The third-order valence-corrected chi connectivity index (χ3v) is 5.66. The highest BCUT2D eigenvalue weighted by molar-refractivity contribution is 7.92. The normalized spacial score (nSPS) is 11.5. The van der Waals surface area contributed by atoms with Gasteiger partial charge in [-0.25, -0.2) is 17.8 Å². The fourth-order valence-electron chi connectivity index (χ4n) is 2.61. The summed E-state index contributed by atoms with van der Waals surface area (Å²) >= 11 is 5.98. The first-order chi connectivity index (χ1) is 14.3. The maximum absolute atomic E-state index is 14.9. The molecular weight excluding hydrogens is 441 g/mol. The van der Waals surface area contributed by atoms with E-state index in [-0.39, 0.29) is 29.6 Å². The number of aliphatic hydroxyl groups excluding tert-OH is 1. The summed E-state index contributed by atoms with van der Waals surface area (Å²) in [4.78, 5) is 16.7. The summed E-state index contributed by atoms with van der Waals surface area (Å²) in [5.74, 6) is -2.19. The quantitative estimate of drug-likeness (QED) is 0.405. The van der Waals surface area contributed by atoms with Gasteiger partial charge in [0.1, 0.15) is 0 Å². The molecule has 0 fully saturated rings. The Morgan fingerprint density at radius 2 is 2.17 bits per heavy atom. The molecule has 2 aromatic heterocycles. The van der Waals surface area contributed by atoms with E-state index in [2.05, 4.69) is 20.5 Å². The van der Waals surface area contributed by atoms with Crippen molar-refractivity contribution in [3.05, 3.63) is 40.8 Å². The van der Waals surface area contributed by atoms with Crippen LogP contribution in [-0.4, -0.2) is 54.1 Å². The van der Waals surface area contributed by atoms with Crippen LogP contribution in [0.15, 0.2) is 24.4 Å². The molecule has 160 valence electrons. The van der Waals surface area contributed by atoms with E-state index in [0.717, 1.165) is 6.07 Å². The van der Waals surface area contributed by atoms with Crippen molar-refractivity contribution < 1.29 is 27.4 Å². The third-order valence-electron chi connectivity index (χ3n) is 3.99. The number of aliphatic hydroxyl groups is 1. The highest BCUT2D eigenvalue weighted by atomic mass is 35.5. The van der Waals surface area contributed by atoms with Crippen LogP contribution in [0.3, 0.4) is 0 Å². The molecule has 4 N–H and O–H groups in total. The summed E-state index contributed by atoms with van der Waals surface area (Å²) in [7, 11) is -2.50. The number of H-pyrrole nitrogens is 1. The second-order valence-electron chi connectivity index (χ2n) is 6.09. The third kappa shape index (κ3) is 4.61. The minimum absolute atomic E-state index is 0.0230. The van der Waals surface area contributed by atoms with Crippen molar-refractivity contribution in [3.8, 4) is 5.88 Å². The number of nitrogens with one attached hydrogen (secondary N) is 3. The minimum atomic E-state index is -3.92. The molecule has 3 rings (SSSR count). The predicted octanol–water partition coefficient (Wildman–Crippen LogP) is 2.14. The van der Waals surface area contributed by atoms with E-state index < -0.39 is 38.8 Å². The number of hydrogen-bond acceptors (Lipinski definition) is 7. The Bertz CT molecular complexity index is 1200. The van der Waals surface area contributed by atoms with Crippen LogP contribution in [0.25, 0.3) is 11.0 Å². The number of pyridine rings is 1. The maximum Gasteiger partial charge on any atom is 0.260 e. The second-order valence-corrected chi connectivity index (χ2v) is 8.34. The molecule has 30 heavy (non-hydrogen) atoms. The molecule has 0 radical (unpaired) electrons. The van der Waals surface area contributed by atoms with Gasteiger partial charge in [-0.3, -0.25) is 14.6 Å². The topological polar surface area (TPSA) is 146 Å². The van der Waals surface area contributed by atoms with Gasteiger partial charge in [0.15, 0.2) is 11.5 Å². The highest BCUT2D eigenvalue weighted by Crippen LogP contribution is 2.28. The molecule has 0 aliphatic carbocycles. The lowest BCUT2D eigenvalue weighted by Crippen LogP contribution is -2.20. The molecule has 2 heterocycles. The van der Waals surface area contributed by atoms with Gasteiger partial charge in [0.2, 0.25) is 15.9 Å². The predicted molar refractivity (Wildman–Crippen MR) is 109 cm³/mol. The number of carbonyl (C=O) groups excluding carboxylic acids is 1. The number of hydrogen-bond donors (Lipinski definition) is 4. The lowest BCUT2D eigenvalue weighted by molar-refractivity contribution is 0.102. The Hall–Kier alpha value is -2.96. The average molecular weight is 458 g/mol. The maximum atomic E-state index is 14.9. The summed E-state index contributed by atoms with van der Waals surface area (Å²) in [6.07, 6.45) is 1.30. The van der Waals surface area contributed by atoms with Crippen LogP contribution in [0, 0.1) is 5.82 Å². The summed E-state index contributed by atoms with van der Waals surface area (Å²) in [6, 6.07) is 3.83. The molecule has 0 saturated carbocycles. The van der Waals surface area contributed by atoms with Crippen LogP contribution in [0.1, 0.15) is 16.8 Å². The number of benzene rings is 1. The summed E-state index contributed by atoms with van der Waals surface area (Å²) < 4.78 is 46.0. The zero-order valence-corrected chi connectivity index (χ0v) is 17.1. The van der Waals surface area contributed by atoms with Crippen LogP contribution in [0.5, 0.6) is 5.88 Å². The van der Waals surface area contributed by atoms with Gasteiger partial charge >= 0.3 is 0 Å². The molecule has 0 aliphatic heterocycles. The smallest absolute Gasteiger partial charge is 0.260 e. The van der Waals surface area contributed by atoms with Crippen LogP contribution < -0.4 is 14.8 Å². The van der Waals surface area contributed by atoms with E-state index in [9.17, 15) is 17.6 Å². The molecule has 0 bridgehead atoms. The summed E-state index contributed by atoms with van der Waals surface area (Å²) in [5.41, 5.74) is -0.337. The first kappa shape index (κ1) is 21.7. The van der Waals surface area contributed by atoms with Gasteiger partial charge in [0.05, 0.1) is 46.4 Å². The number of carbonyl (C=O) groups is 1. The first-order valence-corrected chi connectivity index (χ1v) is 10.6. The molecule has 0 aliphatic rings. The Morgan fingerprint density at radius 1 is 1.40 bits per heavy atom. The zero-order chi connectivity index (χ0) is 21.9. The van der Waals surface area contributed by atoms with E-state index in [1.54, 1.807) is 0 Å². The number of halogens is 2. The molecule has 0 saturated heterocycles. The van der Waals surface area contributed by atoms with E-state index in [1.165, 1.54) is 25.4 Å². The van der Waals surface area contributed by atoms with Crippen molar-refractivity contribution >= 4 is 49.9 Å². The number of sulfonamides is 1. The van der Waals surface area contributed by atoms with E-state index >= 15 is 0 Å². The van der Waals surface area contributed by atoms with Crippen LogP contribution >= 0.6 is 11.6 Å². The van der Waals surface area contributed by atoms with Crippen molar-refractivity contribution in [2.75, 3.05) is 29.5 Å². The van der Waals surface area contributed by atoms with Gasteiger partial charge in [-0.05, 0) is 24.6 Å². The molecular formula is C17H17ClFN5O5S. The Labute approximate surface area is 175 Å². The molecule has 0 atom stereocenters. The number of nitrogens with zero attached hydrogens (tertiary/aromatic N) is 2. The van der Waals surface area contributed by atoms with E-state index in [0.29, 0.717) is 11.0 Å². The average Bonchev–Trinajstić information content (AvgIpc) is 3.11. The van der Waals surface area contributed by atoms with Crippen LogP contribution in [0.2, 0.25) is 5.02 Å². The summed E-state index contributed by atoms with van der Waals surface area (Å²) in [5, 5.41) is 18.1. The highest BCUT2D eigenvalue weighted by Gasteiger charge is 2.22. The number of ether oxygens (including phenoxy) is 1. The van der Waals surface area contributed by atoms with E-state index in [1.807, 2.05) is 4.72 Å². The van der Waals surface area contributed by atoms with Crippen LogP contribution in [0.4, 0.5) is 15.8 Å². The monoisotopic (exact) mass is 457 g/mol. The number of amides is 1. The number of aromatic amines is 1. The minimum Gasteiger partial charge on any atom is -0.479 e. The number of fused-ring (bicyclic) bond motifs is 1. The van der Waals surface area contributed by atoms with Gasteiger partial charge in [0.25, 0.3) is 5.91 Å². The molecule has 10 nitrogen and oxygen atoms in total. The number of rotatable bonds is 8. The Morgan fingerprint density at radius 3 is 2.87 bits per heavy atom. The van der Waals surface area contributed by atoms with E-state index in [4.69, 9.17) is 21.4 Å². The van der Waals surface area contributed by atoms with Crippen molar-refractivity contribution in [1.82, 2.24) is 15.2 Å². The van der Waals surface area contributed by atoms with Crippen molar-refractivity contribution in [3.63, 3.8) is 0 Å². The Kier molecular flexibility index (Phi) is 6.39. The number of aromatic nitrogens is 3. The number of methoxy groups -OCH3 is 1. The SMILES string of the molecule is COc1n[nH]c2ncc(NC(=O)c3c(Cl)ccc(NS(=O)(=O)CCCO)c3F)cc12. The van der Waals surface area contributed by atoms with Crippen molar-refractivity contribution in [2.45, 2.75) is 6.42 Å². The largest absolute Gasteiger partial charge is 0.479 e. The molecule has 1 amide bonds. The molecule has 0 unspecified atom stereocenters. The molecule has 0 spiro atoms. The standard InChI is InChI=1S/C17H17ClFN5O5S/c1-29-17-10-7-9(8-20-15(10)22-23-17)21-16(26)13-11(18)3-4-12(14(13)19)24-30(27,28)6-2-5-25/h3-4,7-8,24-25H,2,5-6H2,1H3,(H,21,26)(H,20,22,23). The fraction of sp³-hybridized carbons (Fsp3) is 0.235. The van der Waals surface area contributed by atoms with Crippen molar-refractivity contribution in [2.24, 2.45) is 0 Å². The van der Waals surface area contributed by atoms with Gasteiger partial charge in [-0.2, -0.15) is 0 Å². The van der Waals surface area contributed by atoms with Gasteiger partial charge in [-0.15, -0.1) is 5.10 Å². The fourth-order valence-corrected chi connectivity index (χ4v) is 3.95. The number of anilines is 2. The molecule has 3 aromatic rings. The molecule has 13 heteroatoms.